The third kappa shape index (κ3) is 4.09. The van der Waals surface area contributed by atoms with E-state index in [1.54, 1.807) is 10.6 Å². The van der Waals surface area contributed by atoms with Crippen molar-refractivity contribution in [1.82, 2.24) is 14.9 Å². The molecule has 0 bridgehead atoms. The molecule has 1 heterocycles. The Hall–Kier alpha value is -2.71. The van der Waals surface area contributed by atoms with Crippen molar-refractivity contribution < 1.29 is 9.59 Å². The first kappa shape index (κ1) is 18.1. The van der Waals surface area contributed by atoms with Crippen LogP contribution in [0.5, 0.6) is 0 Å². The average molecular weight is 431 g/mol. The molecule has 2 aromatic carbocycles. The third-order valence-electron chi connectivity index (χ3n) is 3.58. The van der Waals surface area contributed by atoms with Crippen molar-refractivity contribution in [2.45, 2.75) is 0 Å². The Labute approximate surface area is 163 Å². The van der Waals surface area contributed by atoms with Gasteiger partial charge in [0.25, 0.3) is 5.91 Å². The van der Waals surface area contributed by atoms with Gasteiger partial charge in [0.2, 0.25) is 5.91 Å². The monoisotopic (exact) mass is 430 g/mol. The van der Waals surface area contributed by atoms with Crippen molar-refractivity contribution in [2.24, 2.45) is 0 Å². The van der Waals surface area contributed by atoms with E-state index in [1.807, 2.05) is 48.5 Å². The molecule has 0 aliphatic carbocycles. The van der Waals surface area contributed by atoms with E-state index in [-0.39, 0.29) is 12.5 Å². The number of benzene rings is 2. The van der Waals surface area contributed by atoms with Gasteiger partial charge >= 0.3 is 0 Å². The summed E-state index contributed by atoms with van der Waals surface area (Å²) in [5, 5.41) is 5.34. The first-order valence-corrected chi connectivity index (χ1v) is 8.95. The van der Waals surface area contributed by atoms with Gasteiger partial charge in [0.1, 0.15) is 5.69 Å². The highest BCUT2D eigenvalue weighted by atomic mass is 79.9. The van der Waals surface area contributed by atoms with Crippen molar-refractivity contribution >= 4 is 45.6 Å². The maximum absolute atomic E-state index is 12.5. The molecule has 1 aromatic heterocycles. The van der Waals surface area contributed by atoms with E-state index < -0.39 is 5.91 Å². The van der Waals surface area contributed by atoms with E-state index in [1.165, 1.54) is 6.20 Å². The number of carbonyl (C=O) groups excluding carboxylic acids is 2. The molecule has 0 saturated heterocycles. The first-order valence-electron chi connectivity index (χ1n) is 7.74. The molecule has 3 rings (SSSR count). The lowest BCUT2D eigenvalue weighted by Crippen LogP contribution is -2.33. The number of carbonyl (C=O) groups is 2. The highest BCUT2D eigenvalue weighted by Crippen LogP contribution is 2.20. The second kappa shape index (κ2) is 8.11. The summed E-state index contributed by atoms with van der Waals surface area (Å²) >= 11 is 8.61. The van der Waals surface area contributed by atoms with E-state index in [0.717, 1.165) is 10.2 Å². The van der Waals surface area contributed by atoms with Crippen LogP contribution >= 0.6 is 28.1 Å². The minimum atomic E-state index is -0.400. The van der Waals surface area contributed by atoms with Gasteiger partial charge < -0.3 is 15.6 Å². The van der Waals surface area contributed by atoms with Gasteiger partial charge in [-0.15, -0.1) is 0 Å². The lowest BCUT2D eigenvalue weighted by Gasteiger charge is -2.10. The molecule has 0 radical (unpaired) electrons. The van der Waals surface area contributed by atoms with Crippen molar-refractivity contribution in [3.63, 3.8) is 0 Å². The summed E-state index contributed by atoms with van der Waals surface area (Å²) in [6.07, 6.45) is 1.52. The highest BCUT2D eigenvalue weighted by molar-refractivity contribution is 9.10. The lowest BCUT2D eigenvalue weighted by molar-refractivity contribution is -0.115. The zero-order valence-corrected chi connectivity index (χ0v) is 15.9. The van der Waals surface area contributed by atoms with Crippen molar-refractivity contribution in [3.8, 4) is 5.69 Å². The number of amides is 2. The number of rotatable bonds is 5. The fourth-order valence-corrected chi connectivity index (χ4v) is 3.02. The molecule has 6 nitrogen and oxygen atoms in total. The van der Waals surface area contributed by atoms with Crippen molar-refractivity contribution in [1.29, 1.82) is 0 Å². The summed E-state index contributed by atoms with van der Waals surface area (Å²) in [5.74, 6) is -0.728. The molecule has 0 fully saturated rings. The van der Waals surface area contributed by atoms with E-state index >= 15 is 0 Å². The maximum Gasteiger partial charge on any atom is 0.270 e. The number of nitrogens with zero attached hydrogens (tertiary/aromatic N) is 1. The van der Waals surface area contributed by atoms with Crippen LogP contribution in [0.25, 0.3) is 5.69 Å². The Kier molecular flexibility index (Phi) is 5.65. The second-order valence-corrected chi connectivity index (χ2v) is 6.60. The van der Waals surface area contributed by atoms with E-state index in [0.29, 0.717) is 16.2 Å². The zero-order chi connectivity index (χ0) is 18.5. The molecular weight excluding hydrogens is 416 g/mol. The molecule has 3 aromatic rings. The zero-order valence-electron chi connectivity index (χ0n) is 13.5. The van der Waals surface area contributed by atoms with Crippen LogP contribution in [-0.2, 0) is 4.79 Å². The normalized spacial score (nSPS) is 10.3. The molecular formula is C18H15BrN4O2S. The van der Waals surface area contributed by atoms with Crippen LogP contribution in [-0.4, -0.2) is 27.9 Å². The van der Waals surface area contributed by atoms with Gasteiger partial charge in [0.15, 0.2) is 4.77 Å². The largest absolute Gasteiger partial charge is 0.342 e. The molecule has 0 aliphatic heterocycles. The topological polar surface area (TPSA) is 78.9 Å². The van der Waals surface area contributed by atoms with Gasteiger partial charge in [-0.1, -0.05) is 30.3 Å². The molecule has 3 N–H and O–H groups in total. The van der Waals surface area contributed by atoms with E-state index in [4.69, 9.17) is 12.2 Å². The SMILES string of the molecule is O=C(CNC(=O)c1c[nH]c(=S)n1-c1ccccc1)Nc1ccccc1Br. The van der Waals surface area contributed by atoms with Gasteiger partial charge in [-0.05, 0) is 52.4 Å². The van der Waals surface area contributed by atoms with Crippen LogP contribution in [0.4, 0.5) is 5.69 Å². The predicted octanol–water partition coefficient (Wildman–Crippen LogP) is 3.67. The number of halogens is 1. The number of hydrogen-bond donors (Lipinski definition) is 3. The Morgan fingerprint density at radius 2 is 1.77 bits per heavy atom. The fourth-order valence-electron chi connectivity index (χ4n) is 2.38. The Bertz CT molecular complexity index is 998. The molecule has 0 spiro atoms. The number of aromatic amines is 1. The van der Waals surface area contributed by atoms with Crippen LogP contribution in [0, 0.1) is 4.77 Å². The standard InChI is InChI=1S/C18H15BrN4O2S/c19-13-8-4-5-9-14(13)22-16(24)11-20-17(25)15-10-21-18(26)23(15)12-6-2-1-3-7-12/h1-10H,11H2,(H,20,25)(H,21,26)(H,22,24). The van der Waals surface area contributed by atoms with Crippen molar-refractivity contribution in [3.05, 3.63) is 75.7 Å². The van der Waals surface area contributed by atoms with Crippen LogP contribution < -0.4 is 10.6 Å². The van der Waals surface area contributed by atoms with Crippen LogP contribution in [0.2, 0.25) is 0 Å². The molecule has 132 valence electrons. The number of anilines is 1. The summed E-state index contributed by atoms with van der Waals surface area (Å²) in [5.41, 5.74) is 1.73. The lowest BCUT2D eigenvalue weighted by atomic mass is 10.3. The Morgan fingerprint density at radius 1 is 1.08 bits per heavy atom. The number of imidazole rings is 1. The van der Waals surface area contributed by atoms with Gasteiger partial charge in [-0.3, -0.25) is 14.2 Å². The van der Waals surface area contributed by atoms with E-state index in [2.05, 4.69) is 31.5 Å². The Morgan fingerprint density at radius 3 is 2.50 bits per heavy atom. The summed E-state index contributed by atoms with van der Waals surface area (Å²) in [4.78, 5) is 27.4. The quantitative estimate of drug-likeness (QED) is 0.540. The molecule has 0 atom stereocenters. The van der Waals surface area contributed by atoms with E-state index in [9.17, 15) is 9.59 Å². The number of para-hydroxylation sites is 2. The van der Waals surface area contributed by atoms with Crippen molar-refractivity contribution in [2.75, 3.05) is 11.9 Å². The summed E-state index contributed by atoms with van der Waals surface area (Å²) < 4.78 is 2.79. The van der Waals surface area contributed by atoms with Crippen LogP contribution in [0.3, 0.4) is 0 Å². The molecule has 0 saturated carbocycles. The van der Waals surface area contributed by atoms with Crippen LogP contribution in [0.15, 0.2) is 65.3 Å². The predicted molar refractivity (Wildman–Crippen MR) is 106 cm³/mol. The fraction of sp³-hybridized carbons (Fsp3) is 0.0556. The number of aromatic nitrogens is 2. The summed E-state index contributed by atoms with van der Waals surface area (Å²) in [6, 6.07) is 16.5. The summed E-state index contributed by atoms with van der Waals surface area (Å²) in [6.45, 7) is -0.160. The van der Waals surface area contributed by atoms with Gasteiger partial charge in [0.05, 0.1) is 12.2 Å². The summed E-state index contributed by atoms with van der Waals surface area (Å²) in [7, 11) is 0. The number of nitrogens with one attached hydrogen (secondary N) is 3. The second-order valence-electron chi connectivity index (χ2n) is 5.36. The molecule has 0 unspecified atom stereocenters. The first-order chi connectivity index (χ1) is 12.6. The number of hydrogen-bond acceptors (Lipinski definition) is 3. The Balaban J connectivity index is 1.69. The number of H-pyrrole nitrogens is 1. The van der Waals surface area contributed by atoms with Crippen LogP contribution in [0.1, 0.15) is 10.5 Å². The molecule has 26 heavy (non-hydrogen) atoms. The molecule has 2 amide bonds. The smallest absolute Gasteiger partial charge is 0.270 e. The maximum atomic E-state index is 12.5. The minimum Gasteiger partial charge on any atom is -0.342 e. The molecule has 8 heteroatoms. The third-order valence-corrected chi connectivity index (χ3v) is 4.57. The highest BCUT2D eigenvalue weighted by Gasteiger charge is 2.15. The van der Waals surface area contributed by atoms with Gasteiger partial charge in [-0.25, -0.2) is 0 Å². The average Bonchev–Trinajstić information content (AvgIpc) is 3.04. The minimum absolute atomic E-state index is 0.160. The molecule has 0 aliphatic rings. The van der Waals surface area contributed by atoms with Gasteiger partial charge in [0, 0.05) is 16.4 Å². The van der Waals surface area contributed by atoms with Gasteiger partial charge in [-0.2, -0.15) is 0 Å².